The lowest BCUT2D eigenvalue weighted by Crippen LogP contribution is -2.36. The van der Waals surface area contributed by atoms with Gasteiger partial charge in [0.15, 0.2) is 11.5 Å². The van der Waals surface area contributed by atoms with E-state index in [1.54, 1.807) is 26.2 Å². The summed E-state index contributed by atoms with van der Waals surface area (Å²) in [6.07, 6.45) is 0.330. The number of amides is 1. The Kier molecular flexibility index (Phi) is 8.15. The molecule has 0 aliphatic heterocycles. The fraction of sp³-hybridized carbons (Fsp3) is 0.533. The molecule has 0 saturated heterocycles. The quantitative estimate of drug-likeness (QED) is 0.633. The Morgan fingerprint density at radius 3 is 2.43 bits per heavy atom. The zero-order valence-corrected chi connectivity index (χ0v) is 14.3. The molecule has 0 heterocycles. The third-order valence-electron chi connectivity index (χ3n) is 3.08. The first-order valence-electron chi connectivity index (χ1n) is 6.69. The number of nitrogens with zero attached hydrogens (tertiary/aromatic N) is 1. The summed E-state index contributed by atoms with van der Waals surface area (Å²) in [5.74, 6) is 1.36. The van der Waals surface area contributed by atoms with Crippen molar-refractivity contribution in [3.8, 4) is 11.5 Å². The van der Waals surface area contributed by atoms with Crippen LogP contribution in [0, 0.1) is 0 Å². The second-order valence-electron chi connectivity index (χ2n) is 4.43. The average molecular weight is 360 g/mol. The number of hydrogen-bond acceptors (Lipinski definition) is 4. The van der Waals surface area contributed by atoms with Gasteiger partial charge < -0.3 is 19.1 Å². The molecule has 0 unspecified atom stereocenters. The minimum atomic E-state index is 0.0683. The number of methoxy groups -OCH3 is 3. The van der Waals surface area contributed by atoms with Crippen molar-refractivity contribution in [1.82, 2.24) is 4.90 Å². The van der Waals surface area contributed by atoms with E-state index in [4.69, 9.17) is 14.2 Å². The molecule has 0 fully saturated rings. The van der Waals surface area contributed by atoms with Crippen LogP contribution in [0.4, 0.5) is 0 Å². The number of halogens is 1. The largest absolute Gasteiger partial charge is 0.493 e. The van der Waals surface area contributed by atoms with Crippen molar-refractivity contribution < 1.29 is 19.0 Å². The number of carbonyl (C=O) groups excluding carboxylic acids is 1. The van der Waals surface area contributed by atoms with Crippen LogP contribution in [0.2, 0.25) is 0 Å². The van der Waals surface area contributed by atoms with Crippen LogP contribution in [0.25, 0.3) is 0 Å². The molecule has 1 rings (SSSR count). The van der Waals surface area contributed by atoms with E-state index in [0.717, 1.165) is 10.9 Å². The van der Waals surface area contributed by atoms with Gasteiger partial charge in [0.2, 0.25) is 5.91 Å². The Balaban J connectivity index is 2.75. The maximum Gasteiger partial charge on any atom is 0.227 e. The van der Waals surface area contributed by atoms with Crippen LogP contribution in [0.15, 0.2) is 18.2 Å². The standard InChI is InChI=1S/C15H22BrNO4/c1-19-9-8-17(7-6-16)15(18)11-12-4-5-13(20-2)14(10-12)21-3/h4-5,10H,6-9,11H2,1-3H3. The zero-order valence-electron chi connectivity index (χ0n) is 12.7. The van der Waals surface area contributed by atoms with Crippen molar-refractivity contribution in [1.29, 1.82) is 0 Å². The molecule has 0 atom stereocenters. The molecule has 0 radical (unpaired) electrons. The number of ether oxygens (including phenoxy) is 3. The molecule has 1 aromatic carbocycles. The van der Waals surface area contributed by atoms with E-state index in [9.17, 15) is 4.79 Å². The minimum absolute atomic E-state index is 0.0683. The van der Waals surface area contributed by atoms with Crippen LogP contribution >= 0.6 is 15.9 Å². The second kappa shape index (κ2) is 9.63. The van der Waals surface area contributed by atoms with Gasteiger partial charge in [-0.25, -0.2) is 0 Å². The molecular formula is C15H22BrNO4. The lowest BCUT2D eigenvalue weighted by atomic mass is 10.1. The van der Waals surface area contributed by atoms with Gasteiger partial charge in [-0.15, -0.1) is 0 Å². The van der Waals surface area contributed by atoms with Gasteiger partial charge in [-0.3, -0.25) is 4.79 Å². The highest BCUT2D eigenvalue weighted by Gasteiger charge is 2.14. The highest BCUT2D eigenvalue weighted by Crippen LogP contribution is 2.27. The summed E-state index contributed by atoms with van der Waals surface area (Å²) < 4.78 is 15.5. The van der Waals surface area contributed by atoms with Gasteiger partial charge in [-0.05, 0) is 17.7 Å². The fourth-order valence-electron chi connectivity index (χ4n) is 1.94. The molecule has 5 nitrogen and oxygen atoms in total. The summed E-state index contributed by atoms with van der Waals surface area (Å²) in [5, 5.41) is 0.744. The van der Waals surface area contributed by atoms with Gasteiger partial charge in [0.25, 0.3) is 0 Å². The molecule has 0 aliphatic carbocycles. The van der Waals surface area contributed by atoms with E-state index in [2.05, 4.69) is 15.9 Å². The highest BCUT2D eigenvalue weighted by molar-refractivity contribution is 9.09. The van der Waals surface area contributed by atoms with E-state index in [1.165, 1.54) is 0 Å². The van der Waals surface area contributed by atoms with Crippen molar-refractivity contribution in [3.05, 3.63) is 23.8 Å². The molecule has 0 aromatic heterocycles. The molecule has 0 saturated carbocycles. The molecule has 21 heavy (non-hydrogen) atoms. The summed E-state index contributed by atoms with van der Waals surface area (Å²) >= 11 is 3.37. The Morgan fingerprint density at radius 1 is 1.14 bits per heavy atom. The second-order valence-corrected chi connectivity index (χ2v) is 5.22. The SMILES string of the molecule is COCCN(CCBr)C(=O)Cc1ccc(OC)c(OC)c1. The van der Waals surface area contributed by atoms with E-state index in [0.29, 0.717) is 37.6 Å². The number of hydrogen-bond donors (Lipinski definition) is 0. The predicted molar refractivity (Wildman–Crippen MR) is 85.5 cm³/mol. The van der Waals surface area contributed by atoms with E-state index in [1.807, 2.05) is 18.2 Å². The molecule has 0 aliphatic rings. The van der Waals surface area contributed by atoms with Crippen molar-refractivity contribution >= 4 is 21.8 Å². The summed E-state index contributed by atoms with van der Waals surface area (Å²) in [6.45, 7) is 1.79. The fourth-order valence-corrected chi connectivity index (χ4v) is 2.37. The normalized spacial score (nSPS) is 10.3. The van der Waals surface area contributed by atoms with Crippen molar-refractivity contribution in [2.75, 3.05) is 46.4 Å². The smallest absolute Gasteiger partial charge is 0.227 e. The Morgan fingerprint density at radius 2 is 1.86 bits per heavy atom. The van der Waals surface area contributed by atoms with Crippen molar-refractivity contribution in [2.24, 2.45) is 0 Å². The lowest BCUT2D eigenvalue weighted by Gasteiger charge is -2.21. The van der Waals surface area contributed by atoms with Crippen molar-refractivity contribution in [2.45, 2.75) is 6.42 Å². The maximum absolute atomic E-state index is 12.3. The van der Waals surface area contributed by atoms with Crippen LogP contribution in [-0.2, 0) is 16.0 Å². The first kappa shape index (κ1) is 17.8. The van der Waals surface area contributed by atoms with Gasteiger partial charge in [0, 0.05) is 25.5 Å². The van der Waals surface area contributed by atoms with Gasteiger partial charge in [-0.1, -0.05) is 22.0 Å². The minimum Gasteiger partial charge on any atom is -0.493 e. The van der Waals surface area contributed by atoms with Crippen LogP contribution in [0.3, 0.4) is 0 Å². The monoisotopic (exact) mass is 359 g/mol. The average Bonchev–Trinajstić information content (AvgIpc) is 2.51. The van der Waals surface area contributed by atoms with E-state index in [-0.39, 0.29) is 5.91 Å². The summed E-state index contributed by atoms with van der Waals surface area (Å²) in [4.78, 5) is 14.1. The molecule has 1 amide bonds. The van der Waals surface area contributed by atoms with Crippen LogP contribution in [-0.4, -0.2) is 57.2 Å². The number of carbonyl (C=O) groups is 1. The van der Waals surface area contributed by atoms with Crippen LogP contribution in [0.5, 0.6) is 11.5 Å². The first-order chi connectivity index (χ1) is 10.2. The van der Waals surface area contributed by atoms with E-state index < -0.39 is 0 Å². The summed E-state index contributed by atoms with van der Waals surface area (Å²) in [7, 11) is 4.80. The lowest BCUT2D eigenvalue weighted by molar-refractivity contribution is -0.130. The summed E-state index contributed by atoms with van der Waals surface area (Å²) in [6, 6.07) is 5.52. The van der Waals surface area contributed by atoms with Gasteiger partial charge in [0.1, 0.15) is 0 Å². The number of benzene rings is 1. The summed E-state index contributed by atoms with van der Waals surface area (Å²) in [5.41, 5.74) is 0.898. The number of alkyl halides is 1. The molecule has 1 aromatic rings. The third kappa shape index (κ3) is 5.55. The maximum atomic E-state index is 12.3. The molecule has 0 spiro atoms. The first-order valence-corrected chi connectivity index (χ1v) is 7.82. The highest BCUT2D eigenvalue weighted by atomic mass is 79.9. The Hall–Kier alpha value is -1.27. The van der Waals surface area contributed by atoms with Gasteiger partial charge in [-0.2, -0.15) is 0 Å². The molecule has 118 valence electrons. The Labute approximate surface area is 134 Å². The Bertz CT molecular complexity index is 453. The van der Waals surface area contributed by atoms with Crippen molar-refractivity contribution in [3.63, 3.8) is 0 Å². The zero-order chi connectivity index (χ0) is 15.7. The van der Waals surface area contributed by atoms with Gasteiger partial charge >= 0.3 is 0 Å². The molecular weight excluding hydrogens is 338 g/mol. The molecule has 0 bridgehead atoms. The number of rotatable bonds is 9. The predicted octanol–water partition coefficient (Wildman–Crippen LogP) is 2.12. The third-order valence-corrected chi connectivity index (χ3v) is 3.43. The van der Waals surface area contributed by atoms with Crippen LogP contribution in [0.1, 0.15) is 5.56 Å². The molecule has 6 heteroatoms. The van der Waals surface area contributed by atoms with E-state index >= 15 is 0 Å². The van der Waals surface area contributed by atoms with Crippen LogP contribution < -0.4 is 9.47 Å². The topological polar surface area (TPSA) is 48.0 Å². The molecule has 0 N–H and O–H groups in total. The van der Waals surface area contributed by atoms with Gasteiger partial charge in [0.05, 0.1) is 27.2 Å².